The minimum absolute atomic E-state index is 0.0408. The van der Waals surface area contributed by atoms with Gasteiger partial charge in [-0.3, -0.25) is 19.1 Å². The summed E-state index contributed by atoms with van der Waals surface area (Å²) in [7, 11) is 3.05. The average molecular weight is 798 g/mol. The van der Waals surface area contributed by atoms with Gasteiger partial charge < -0.3 is 43.5 Å². The summed E-state index contributed by atoms with van der Waals surface area (Å²) in [5, 5.41) is 22.8. The molecule has 0 spiro atoms. The molecule has 0 saturated carbocycles. The van der Waals surface area contributed by atoms with Gasteiger partial charge in [-0.1, -0.05) is 54.6 Å². The van der Waals surface area contributed by atoms with Gasteiger partial charge in [-0.2, -0.15) is 13.2 Å². The molecule has 7 atom stereocenters. The zero-order valence-electron chi connectivity index (χ0n) is 31.2. The van der Waals surface area contributed by atoms with Crippen molar-refractivity contribution in [1.29, 1.82) is 0 Å². The van der Waals surface area contributed by atoms with E-state index in [0.717, 1.165) is 4.57 Å². The smallest absolute Gasteiger partial charge is 0.471 e. The number of rotatable bonds is 12. The number of methoxy groups -OCH3 is 2. The van der Waals surface area contributed by atoms with Crippen LogP contribution in [0.1, 0.15) is 34.9 Å². The van der Waals surface area contributed by atoms with E-state index in [1.54, 1.807) is 48.5 Å². The number of halogens is 3. The molecule has 3 fully saturated rings. The minimum Gasteiger partial charge on any atom is -0.497 e. The average Bonchev–Trinajstić information content (AvgIpc) is 3.63. The van der Waals surface area contributed by atoms with Crippen molar-refractivity contribution in [3.8, 4) is 11.5 Å². The number of aromatic nitrogens is 2. The van der Waals surface area contributed by atoms with Crippen molar-refractivity contribution < 1.29 is 56.6 Å². The molecule has 3 aromatic carbocycles. The van der Waals surface area contributed by atoms with E-state index in [-0.39, 0.29) is 18.6 Å². The molecule has 17 heteroatoms. The molecule has 0 radical (unpaired) electrons. The van der Waals surface area contributed by atoms with E-state index in [2.05, 4.69) is 4.98 Å². The molecule has 3 aliphatic heterocycles. The van der Waals surface area contributed by atoms with Crippen molar-refractivity contribution >= 4 is 5.91 Å². The molecule has 7 rings (SSSR count). The van der Waals surface area contributed by atoms with Gasteiger partial charge in [-0.25, -0.2) is 4.79 Å². The minimum atomic E-state index is -5.23. The van der Waals surface area contributed by atoms with Gasteiger partial charge in [0.05, 0.1) is 52.1 Å². The van der Waals surface area contributed by atoms with Crippen molar-refractivity contribution in [1.82, 2.24) is 14.5 Å². The normalized spacial score (nSPS) is 26.1. The van der Waals surface area contributed by atoms with E-state index in [1.165, 1.54) is 27.3 Å². The van der Waals surface area contributed by atoms with Crippen molar-refractivity contribution in [3.05, 3.63) is 128 Å². The number of benzene rings is 3. The highest BCUT2D eigenvalue weighted by molar-refractivity contribution is 5.82. The van der Waals surface area contributed by atoms with Gasteiger partial charge in [0.2, 0.25) is 0 Å². The predicted molar refractivity (Wildman–Crippen MR) is 195 cm³/mol. The first-order valence-corrected chi connectivity index (χ1v) is 18.2. The first-order chi connectivity index (χ1) is 27.2. The van der Waals surface area contributed by atoms with Crippen LogP contribution in [0.25, 0.3) is 0 Å². The van der Waals surface area contributed by atoms with E-state index < -0.39 is 91.0 Å². The Hall–Kier alpha value is -5.04. The number of aromatic amines is 1. The fraction of sp³-hybridized carbons (Fsp3) is 0.425. The maximum absolute atomic E-state index is 14.0. The van der Waals surface area contributed by atoms with Crippen LogP contribution in [0, 0.1) is 12.8 Å². The molecule has 0 unspecified atom stereocenters. The second-order valence-electron chi connectivity index (χ2n) is 14.4. The van der Waals surface area contributed by atoms with Crippen molar-refractivity contribution in [2.45, 2.75) is 61.6 Å². The lowest BCUT2D eigenvalue weighted by Gasteiger charge is -2.44. The molecule has 1 amide bonds. The first kappa shape index (κ1) is 40.2. The highest BCUT2D eigenvalue weighted by Gasteiger charge is 2.63. The summed E-state index contributed by atoms with van der Waals surface area (Å²) in [6, 6.07) is 23.2. The third kappa shape index (κ3) is 7.58. The molecule has 3 saturated heterocycles. The number of nitrogens with zero attached hydrogens (tertiary/aromatic N) is 2. The largest absolute Gasteiger partial charge is 0.497 e. The number of piperidine rings is 1. The Balaban J connectivity index is 1.22. The molecule has 2 bridgehead atoms. The number of carbonyl (C=O) groups is 1. The Morgan fingerprint density at radius 1 is 0.930 bits per heavy atom. The van der Waals surface area contributed by atoms with E-state index >= 15 is 0 Å². The Bertz CT molecular complexity index is 2120. The summed E-state index contributed by atoms with van der Waals surface area (Å²) in [4.78, 5) is 40.0. The molecule has 4 aromatic rings. The lowest BCUT2D eigenvalue weighted by Crippen LogP contribution is -2.62. The van der Waals surface area contributed by atoms with Gasteiger partial charge in [0.1, 0.15) is 35.0 Å². The number of aryl methyl sites for hydroxylation is 1. The van der Waals surface area contributed by atoms with E-state index in [0.29, 0.717) is 33.1 Å². The van der Waals surface area contributed by atoms with Crippen LogP contribution in [0.4, 0.5) is 13.2 Å². The zero-order valence-corrected chi connectivity index (χ0v) is 31.2. The fourth-order valence-corrected chi connectivity index (χ4v) is 7.87. The molecular weight excluding hydrogens is 755 g/mol. The predicted octanol–water partition coefficient (Wildman–Crippen LogP) is 3.01. The summed E-state index contributed by atoms with van der Waals surface area (Å²) in [6.45, 7) is -0.643. The summed E-state index contributed by atoms with van der Waals surface area (Å²) in [6.07, 6.45) is -9.97. The number of nitrogens with one attached hydrogen (secondary N) is 1. The van der Waals surface area contributed by atoms with Crippen molar-refractivity contribution in [2.75, 3.05) is 40.5 Å². The van der Waals surface area contributed by atoms with Crippen LogP contribution in [0.15, 0.2) is 94.6 Å². The highest BCUT2D eigenvalue weighted by Crippen LogP contribution is 2.47. The second kappa shape index (κ2) is 15.7. The van der Waals surface area contributed by atoms with Crippen LogP contribution < -0.4 is 20.7 Å². The standard InChI is InChI=1S/C40H42F3N3O11/c1-23-18-46(37(51)44-34(23)49)32-17-30(47)31(56-32)20-54-35-29-19-45(36(50)40(41,42)43)21-38(57-35,33(29)48)22-55-39(24-7-5-4-6-8-24,25-9-13-27(52-2)14-10-25)26-11-15-28(53-3)16-12-26/h4-16,18,29-33,35,47-48H,17,19-22H2,1-3H3,(H,44,49,51)/t29-,30+,31-,32-,33+,35-,38-/m1/s1. The van der Waals surface area contributed by atoms with Gasteiger partial charge in [0.25, 0.3) is 5.56 Å². The monoisotopic (exact) mass is 797 g/mol. The Kier molecular flexibility index (Phi) is 11.1. The number of alkyl halides is 3. The molecule has 304 valence electrons. The van der Waals surface area contributed by atoms with Gasteiger partial charge in [-0.15, -0.1) is 0 Å². The number of ether oxygens (including phenoxy) is 6. The second-order valence-corrected chi connectivity index (χ2v) is 14.4. The third-order valence-electron chi connectivity index (χ3n) is 10.9. The van der Waals surface area contributed by atoms with Crippen LogP contribution in [0.2, 0.25) is 0 Å². The molecule has 14 nitrogen and oxygen atoms in total. The number of fused-ring (bicyclic) bond motifs is 2. The number of hydrogen-bond donors (Lipinski definition) is 3. The van der Waals surface area contributed by atoms with Gasteiger partial charge >= 0.3 is 17.8 Å². The van der Waals surface area contributed by atoms with Crippen molar-refractivity contribution in [2.24, 2.45) is 5.92 Å². The molecule has 3 N–H and O–H groups in total. The quantitative estimate of drug-likeness (QED) is 0.180. The van der Waals surface area contributed by atoms with Gasteiger partial charge in [-0.05, 0) is 47.9 Å². The molecule has 3 aliphatic rings. The van der Waals surface area contributed by atoms with Crippen LogP contribution in [-0.4, -0.2) is 107 Å². The van der Waals surface area contributed by atoms with E-state index in [1.807, 2.05) is 30.3 Å². The Morgan fingerprint density at radius 2 is 1.53 bits per heavy atom. The summed E-state index contributed by atoms with van der Waals surface area (Å²) < 4.78 is 79.2. The number of amides is 1. The number of aliphatic hydroxyl groups excluding tert-OH is 2. The summed E-state index contributed by atoms with van der Waals surface area (Å²) in [5.74, 6) is -2.18. The summed E-state index contributed by atoms with van der Waals surface area (Å²) >= 11 is 0. The topological polar surface area (TPSA) is 171 Å². The number of hydrogen-bond acceptors (Lipinski definition) is 11. The zero-order chi connectivity index (χ0) is 40.7. The number of aliphatic hydroxyl groups is 2. The lowest BCUT2D eigenvalue weighted by molar-refractivity contribution is -0.219. The molecule has 0 aliphatic carbocycles. The molecule has 1 aromatic heterocycles. The van der Waals surface area contributed by atoms with Crippen LogP contribution in [0.3, 0.4) is 0 Å². The Morgan fingerprint density at radius 3 is 2.11 bits per heavy atom. The number of carbonyl (C=O) groups excluding carboxylic acids is 1. The SMILES string of the molecule is COc1ccc(C(OC[C@@]23CN(C(=O)C(F)(F)F)C[C@@H]([C@H](OC[C@H]4O[C@@H](n5cc(C)c(=O)[nH]c5=O)C[C@@H]4O)O2)[C@@H]3O)(c2ccccc2)c2ccc(OC)cc2)cc1. The fourth-order valence-electron chi connectivity index (χ4n) is 7.87. The van der Waals surface area contributed by atoms with Crippen LogP contribution >= 0.6 is 0 Å². The maximum atomic E-state index is 14.0. The van der Waals surface area contributed by atoms with Crippen LogP contribution in [-0.2, 0) is 29.3 Å². The molecule has 4 heterocycles. The van der Waals surface area contributed by atoms with Crippen LogP contribution in [0.5, 0.6) is 11.5 Å². The maximum Gasteiger partial charge on any atom is 0.471 e. The van der Waals surface area contributed by atoms with Gasteiger partial charge in [0.15, 0.2) is 6.29 Å². The van der Waals surface area contributed by atoms with Crippen molar-refractivity contribution in [3.63, 3.8) is 0 Å². The number of likely N-dealkylation sites (tertiary alicyclic amines) is 1. The number of H-pyrrole nitrogens is 1. The van der Waals surface area contributed by atoms with Gasteiger partial charge in [0, 0.05) is 24.7 Å². The molecule has 57 heavy (non-hydrogen) atoms. The lowest BCUT2D eigenvalue weighted by atomic mass is 9.79. The summed E-state index contributed by atoms with van der Waals surface area (Å²) in [5.41, 5.74) is -2.63. The van der Waals surface area contributed by atoms with E-state index in [9.17, 15) is 37.8 Å². The molecular formula is C40H42F3N3O11. The Labute approximate surface area is 324 Å². The first-order valence-electron chi connectivity index (χ1n) is 18.2. The van der Waals surface area contributed by atoms with E-state index in [4.69, 9.17) is 28.4 Å². The third-order valence-corrected chi connectivity index (χ3v) is 10.9. The highest BCUT2D eigenvalue weighted by atomic mass is 19.4.